The van der Waals surface area contributed by atoms with E-state index in [0.717, 1.165) is 0 Å². The highest BCUT2D eigenvalue weighted by molar-refractivity contribution is 6.34. The lowest BCUT2D eigenvalue weighted by molar-refractivity contribution is 0.734. The van der Waals surface area contributed by atoms with Crippen molar-refractivity contribution in [2.75, 3.05) is 7.05 Å². The Hall–Kier alpha value is -1.30. The van der Waals surface area contributed by atoms with E-state index in [0.29, 0.717) is 28.1 Å². The standard InChI is InChI=1S/C10H10Cl2N4O/c1-13-5-9-14-15-10(17)16(9)8-4-6(11)2-3-7(8)12/h2-4,13H,5H2,1H3,(H,15,17). The molecule has 2 N–H and O–H groups in total. The summed E-state index contributed by atoms with van der Waals surface area (Å²) in [7, 11) is 1.77. The van der Waals surface area contributed by atoms with E-state index in [4.69, 9.17) is 23.2 Å². The predicted molar refractivity (Wildman–Crippen MR) is 67.0 cm³/mol. The van der Waals surface area contributed by atoms with Crippen LogP contribution in [0.2, 0.25) is 10.0 Å². The second-order valence-corrected chi connectivity index (χ2v) is 4.25. The third-order valence-corrected chi connectivity index (χ3v) is 2.78. The Labute approximate surface area is 107 Å². The molecule has 1 heterocycles. The first-order valence-electron chi connectivity index (χ1n) is 4.90. The molecule has 0 saturated carbocycles. The number of rotatable bonds is 3. The molecule has 1 aromatic heterocycles. The molecule has 90 valence electrons. The largest absolute Gasteiger partial charge is 0.348 e. The summed E-state index contributed by atoms with van der Waals surface area (Å²) in [4.78, 5) is 11.7. The topological polar surface area (TPSA) is 62.7 Å². The molecule has 0 amide bonds. The van der Waals surface area contributed by atoms with Crippen LogP contribution in [0.1, 0.15) is 5.82 Å². The van der Waals surface area contributed by atoms with Crippen molar-refractivity contribution in [3.05, 3.63) is 44.6 Å². The van der Waals surface area contributed by atoms with Gasteiger partial charge in [-0.2, -0.15) is 5.10 Å². The molecular weight excluding hydrogens is 263 g/mol. The zero-order chi connectivity index (χ0) is 12.4. The molecule has 0 spiro atoms. The average molecular weight is 273 g/mol. The summed E-state index contributed by atoms with van der Waals surface area (Å²) in [6.45, 7) is 0.446. The number of halogens is 2. The van der Waals surface area contributed by atoms with Crippen molar-refractivity contribution < 1.29 is 0 Å². The Morgan fingerprint density at radius 1 is 1.47 bits per heavy atom. The molecule has 1 aromatic carbocycles. The minimum absolute atomic E-state index is 0.348. The highest BCUT2D eigenvalue weighted by Crippen LogP contribution is 2.23. The van der Waals surface area contributed by atoms with E-state index in [1.54, 1.807) is 25.2 Å². The van der Waals surface area contributed by atoms with E-state index >= 15 is 0 Å². The van der Waals surface area contributed by atoms with Crippen LogP contribution in [0, 0.1) is 0 Å². The summed E-state index contributed by atoms with van der Waals surface area (Å²) in [5.74, 6) is 0.543. The van der Waals surface area contributed by atoms with Gasteiger partial charge < -0.3 is 5.32 Å². The number of nitrogens with zero attached hydrogens (tertiary/aromatic N) is 2. The number of aromatic nitrogens is 3. The van der Waals surface area contributed by atoms with Crippen molar-refractivity contribution in [1.29, 1.82) is 0 Å². The van der Waals surface area contributed by atoms with Crippen molar-refractivity contribution in [3.8, 4) is 5.69 Å². The van der Waals surface area contributed by atoms with Crippen molar-refractivity contribution >= 4 is 23.2 Å². The van der Waals surface area contributed by atoms with Crippen molar-refractivity contribution in [2.24, 2.45) is 0 Å². The molecular formula is C10H10Cl2N4O. The van der Waals surface area contributed by atoms with Gasteiger partial charge in [-0.25, -0.2) is 14.5 Å². The molecule has 7 heteroatoms. The molecule has 0 aliphatic heterocycles. The number of aromatic amines is 1. The van der Waals surface area contributed by atoms with Crippen LogP contribution in [-0.2, 0) is 6.54 Å². The van der Waals surface area contributed by atoms with Gasteiger partial charge in [0.1, 0.15) is 0 Å². The van der Waals surface area contributed by atoms with Crippen molar-refractivity contribution in [2.45, 2.75) is 6.54 Å². The van der Waals surface area contributed by atoms with Gasteiger partial charge in [-0.1, -0.05) is 23.2 Å². The number of hydrogen-bond donors (Lipinski definition) is 2. The molecule has 0 aliphatic carbocycles. The van der Waals surface area contributed by atoms with Gasteiger partial charge >= 0.3 is 5.69 Å². The summed E-state index contributed by atoms with van der Waals surface area (Å²) in [6.07, 6.45) is 0. The van der Waals surface area contributed by atoms with E-state index in [-0.39, 0.29) is 5.69 Å². The molecule has 17 heavy (non-hydrogen) atoms. The van der Waals surface area contributed by atoms with E-state index in [1.165, 1.54) is 4.57 Å². The third-order valence-electron chi connectivity index (χ3n) is 2.23. The second kappa shape index (κ2) is 4.91. The SMILES string of the molecule is CNCc1n[nH]c(=O)n1-c1cc(Cl)ccc1Cl. The first kappa shape index (κ1) is 12.2. The summed E-state index contributed by atoms with van der Waals surface area (Å²) < 4.78 is 1.39. The zero-order valence-electron chi connectivity index (χ0n) is 9.00. The molecule has 0 unspecified atom stereocenters. The second-order valence-electron chi connectivity index (χ2n) is 3.41. The van der Waals surface area contributed by atoms with E-state index in [9.17, 15) is 4.79 Å². The minimum Gasteiger partial charge on any atom is -0.313 e. The first-order chi connectivity index (χ1) is 8.13. The monoisotopic (exact) mass is 272 g/mol. The van der Waals surface area contributed by atoms with Crippen LogP contribution in [0.25, 0.3) is 5.69 Å². The van der Waals surface area contributed by atoms with Crippen LogP contribution >= 0.6 is 23.2 Å². The van der Waals surface area contributed by atoms with Gasteiger partial charge in [-0.05, 0) is 25.2 Å². The van der Waals surface area contributed by atoms with E-state index in [2.05, 4.69) is 15.5 Å². The van der Waals surface area contributed by atoms with E-state index < -0.39 is 0 Å². The van der Waals surface area contributed by atoms with Gasteiger partial charge in [-0.3, -0.25) is 0 Å². The fraction of sp³-hybridized carbons (Fsp3) is 0.200. The van der Waals surface area contributed by atoms with Gasteiger partial charge in [0.2, 0.25) is 0 Å². The van der Waals surface area contributed by atoms with Crippen LogP contribution in [0.15, 0.2) is 23.0 Å². The van der Waals surface area contributed by atoms with Crippen molar-refractivity contribution in [1.82, 2.24) is 20.1 Å². The molecule has 0 bridgehead atoms. The molecule has 5 nitrogen and oxygen atoms in total. The molecule has 2 aromatic rings. The third kappa shape index (κ3) is 2.36. The highest BCUT2D eigenvalue weighted by Gasteiger charge is 2.12. The quantitative estimate of drug-likeness (QED) is 0.892. The summed E-state index contributed by atoms with van der Waals surface area (Å²) in [6, 6.07) is 4.93. The maximum absolute atomic E-state index is 11.7. The Morgan fingerprint density at radius 3 is 2.94 bits per heavy atom. The maximum Gasteiger partial charge on any atom is 0.348 e. The summed E-state index contributed by atoms with van der Waals surface area (Å²) in [5, 5.41) is 10.2. The number of nitrogens with one attached hydrogen (secondary N) is 2. The zero-order valence-corrected chi connectivity index (χ0v) is 10.5. The lowest BCUT2D eigenvalue weighted by Crippen LogP contribution is -2.19. The first-order valence-corrected chi connectivity index (χ1v) is 5.65. The molecule has 0 radical (unpaired) electrons. The Bertz CT molecular complexity index is 590. The minimum atomic E-state index is -0.348. The van der Waals surface area contributed by atoms with Crippen LogP contribution in [0.5, 0.6) is 0 Å². The smallest absolute Gasteiger partial charge is 0.313 e. The fourth-order valence-corrected chi connectivity index (χ4v) is 1.88. The highest BCUT2D eigenvalue weighted by atomic mass is 35.5. The number of H-pyrrole nitrogens is 1. The van der Waals surface area contributed by atoms with Gasteiger partial charge in [0.25, 0.3) is 0 Å². The lowest BCUT2D eigenvalue weighted by atomic mass is 10.3. The van der Waals surface area contributed by atoms with Crippen LogP contribution in [0.3, 0.4) is 0 Å². The normalized spacial score (nSPS) is 10.8. The van der Waals surface area contributed by atoms with Gasteiger partial charge in [-0.15, -0.1) is 0 Å². The average Bonchev–Trinajstić information content (AvgIpc) is 2.64. The number of hydrogen-bond acceptors (Lipinski definition) is 3. The molecule has 0 aliphatic rings. The van der Waals surface area contributed by atoms with Gasteiger partial charge in [0.05, 0.1) is 17.3 Å². The predicted octanol–water partition coefficient (Wildman–Crippen LogP) is 1.59. The molecule has 0 fully saturated rings. The van der Waals surface area contributed by atoms with Crippen LogP contribution in [-0.4, -0.2) is 21.8 Å². The van der Waals surface area contributed by atoms with Crippen LogP contribution < -0.4 is 11.0 Å². The maximum atomic E-state index is 11.7. The Balaban J connectivity index is 2.63. The van der Waals surface area contributed by atoms with E-state index in [1.807, 2.05) is 0 Å². The molecule has 2 rings (SSSR count). The fourth-order valence-electron chi connectivity index (χ4n) is 1.51. The van der Waals surface area contributed by atoms with Crippen molar-refractivity contribution in [3.63, 3.8) is 0 Å². The lowest BCUT2D eigenvalue weighted by Gasteiger charge is -2.07. The molecule has 0 saturated heterocycles. The van der Waals surface area contributed by atoms with Gasteiger partial charge in [0.15, 0.2) is 5.82 Å². The summed E-state index contributed by atoms with van der Waals surface area (Å²) in [5.41, 5.74) is 0.169. The molecule has 0 atom stereocenters. The Kier molecular flexibility index (Phi) is 3.51. The number of benzene rings is 1. The Morgan fingerprint density at radius 2 is 2.24 bits per heavy atom. The summed E-state index contributed by atoms with van der Waals surface area (Å²) >= 11 is 11.9. The van der Waals surface area contributed by atoms with Gasteiger partial charge in [0, 0.05) is 5.02 Å². The van der Waals surface area contributed by atoms with Crippen LogP contribution in [0.4, 0.5) is 0 Å².